The van der Waals surface area contributed by atoms with Gasteiger partial charge in [0.2, 0.25) is 0 Å². The molecule has 6 heteroatoms. The van der Waals surface area contributed by atoms with Gasteiger partial charge in [0.05, 0.1) is 24.9 Å². The van der Waals surface area contributed by atoms with Crippen LogP contribution in [0.1, 0.15) is 24.5 Å². The number of aryl methyl sites for hydroxylation is 1. The average Bonchev–Trinajstić information content (AvgIpc) is 2.36. The monoisotopic (exact) mass is 278 g/mol. The first-order valence-electron chi connectivity index (χ1n) is 6.00. The van der Waals surface area contributed by atoms with Crippen molar-refractivity contribution in [2.24, 2.45) is 0 Å². The molecule has 1 rings (SSSR count). The zero-order valence-corrected chi connectivity index (χ0v) is 10.6. The third kappa shape index (κ3) is 4.72. The highest BCUT2D eigenvalue weighted by atomic mass is 19.4. The van der Waals surface area contributed by atoms with E-state index >= 15 is 0 Å². The van der Waals surface area contributed by atoms with Gasteiger partial charge in [0, 0.05) is 0 Å². The molecule has 0 fully saturated rings. The lowest BCUT2D eigenvalue weighted by Gasteiger charge is -2.14. The molecule has 3 nitrogen and oxygen atoms in total. The molecule has 108 valence electrons. The minimum Gasteiger partial charge on any atom is -0.494 e. The van der Waals surface area contributed by atoms with Crippen LogP contribution in [0, 0.1) is 0 Å². The van der Waals surface area contributed by atoms with Gasteiger partial charge in [-0.2, -0.15) is 13.2 Å². The summed E-state index contributed by atoms with van der Waals surface area (Å²) < 4.78 is 43.1. The van der Waals surface area contributed by atoms with Gasteiger partial charge in [-0.3, -0.25) is 0 Å². The van der Waals surface area contributed by atoms with Crippen molar-refractivity contribution in [2.45, 2.75) is 32.0 Å². The Hall–Kier alpha value is -1.27. The van der Waals surface area contributed by atoms with Crippen LogP contribution in [0.25, 0.3) is 0 Å². The van der Waals surface area contributed by atoms with E-state index in [1.807, 2.05) is 0 Å². The lowest BCUT2D eigenvalue weighted by Crippen LogP contribution is -2.13. The van der Waals surface area contributed by atoms with Gasteiger partial charge in [0.25, 0.3) is 0 Å². The van der Waals surface area contributed by atoms with E-state index in [9.17, 15) is 18.3 Å². The predicted octanol–water partition coefficient (Wildman–Crippen LogP) is 2.39. The van der Waals surface area contributed by atoms with Crippen LogP contribution in [0.2, 0.25) is 0 Å². The highest BCUT2D eigenvalue weighted by molar-refractivity contribution is 5.38. The lowest BCUT2D eigenvalue weighted by atomic mass is 10.0. The van der Waals surface area contributed by atoms with Gasteiger partial charge in [-0.25, -0.2) is 0 Å². The molecule has 0 aliphatic rings. The van der Waals surface area contributed by atoms with Crippen LogP contribution in [0.4, 0.5) is 13.2 Å². The van der Waals surface area contributed by atoms with Crippen molar-refractivity contribution >= 4 is 0 Å². The Morgan fingerprint density at radius 1 is 1.32 bits per heavy atom. The molecule has 0 spiro atoms. The fourth-order valence-electron chi connectivity index (χ4n) is 1.66. The molecule has 0 saturated heterocycles. The molecule has 0 saturated carbocycles. The Morgan fingerprint density at radius 3 is 2.53 bits per heavy atom. The molecule has 0 amide bonds. The predicted molar refractivity (Wildman–Crippen MR) is 64.0 cm³/mol. The summed E-state index contributed by atoms with van der Waals surface area (Å²) in [4.78, 5) is 0. The molecule has 19 heavy (non-hydrogen) atoms. The third-order valence-electron chi connectivity index (χ3n) is 2.65. The van der Waals surface area contributed by atoms with Crippen LogP contribution in [-0.4, -0.2) is 29.5 Å². The summed E-state index contributed by atoms with van der Waals surface area (Å²) in [5.74, 6) is 0.376. The maximum atomic E-state index is 12.6. The molecule has 0 aliphatic heterocycles. The van der Waals surface area contributed by atoms with Crippen LogP contribution in [0.15, 0.2) is 18.2 Å². The first-order valence-corrected chi connectivity index (χ1v) is 6.00. The quantitative estimate of drug-likeness (QED) is 0.840. The average molecular weight is 278 g/mol. The number of hydrogen-bond donors (Lipinski definition) is 2. The number of aliphatic hydroxyl groups excluding tert-OH is 2. The summed E-state index contributed by atoms with van der Waals surface area (Å²) in [5.41, 5.74) is -0.367. The van der Waals surface area contributed by atoms with Gasteiger partial charge in [0.15, 0.2) is 0 Å². The van der Waals surface area contributed by atoms with E-state index in [0.717, 1.165) is 12.1 Å². The van der Waals surface area contributed by atoms with Gasteiger partial charge in [0.1, 0.15) is 5.75 Å². The summed E-state index contributed by atoms with van der Waals surface area (Å²) in [6.45, 7) is 1.67. The number of halogens is 3. The van der Waals surface area contributed by atoms with Crippen LogP contribution >= 0.6 is 0 Å². The molecular formula is C13H17F3O3. The molecule has 1 atom stereocenters. The lowest BCUT2D eigenvalue weighted by molar-refractivity contribution is -0.137. The molecule has 1 aromatic rings. The number of rotatable bonds is 6. The number of alkyl halides is 3. The van der Waals surface area contributed by atoms with Crippen LogP contribution < -0.4 is 4.74 Å². The van der Waals surface area contributed by atoms with E-state index in [-0.39, 0.29) is 12.8 Å². The minimum atomic E-state index is -4.41. The highest BCUT2D eigenvalue weighted by Gasteiger charge is 2.31. The highest BCUT2D eigenvalue weighted by Crippen LogP contribution is 2.33. The summed E-state index contributed by atoms with van der Waals surface area (Å²) in [6, 6.07) is 3.28. The van der Waals surface area contributed by atoms with E-state index in [0.29, 0.717) is 17.9 Å². The standard InChI is InChI=1S/C13H17F3O3/c1-2-19-12-6-4-10(13(14,15)16)7-9(12)3-5-11(18)8-17/h4,6-7,11,17-18H,2-3,5,8H2,1H3. The van der Waals surface area contributed by atoms with Crippen LogP contribution in [-0.2, 0) is 12.6 Å². The van der Waals surface area contributed by atoms with Gasteiger partial charge in [-0.05, 0) is 43.5 Å². The number of hydrogen-bond acceptors (Lipinski definition) is 3. The van der Waals surface area contributed by atoms with Crippen LogP contribution in [0.3, 0.4) is 0 Å². The van der Waals surface area contributed by atoms with Crippen molar-refractivity contribution in [1.82, 2.24) is 0 Å². The Bertz CT molecular complexity index is 405. The first kappa shape index (κ1) is 15.8. The first-order chi connectivity index (χ1) is 8.88. The van der Waals surface area contributed by atoms with Gasteiger partial charge < -0.3 is 14.9 Å². The smallest absolute Gasteiger partial charge is 0.416 e. The molecule has 0 heterocycles. The second-order valence-electron chi connectivity index (χ2n) is 4.13. The fraction of sp³-hybridized carbons (Fsp3) is 0.538. The molecule has 0 bridgehead atoms. The van der Waals surface area contributed by atoms with E-state index in [1.165, 1.54) is 6.07 Å². The second-order valence-corrected chi connectivity index (χ2v) is 4.13. The Morgan fingerprint density at radius 2 is 2.00 bits per heavy atom. The van der Waals surface area contributed by atoms with Crippen molar-refractivity contribution < 1.29 is 28.1 Å². The van der Waals surface area contributed by atoms with E-state index in [4.69, 9.17) is 9.84 Å². The van der Waals surface area contributed by atoms with E-state index in [2.05, 4.69) is 0 Å². The zero-order chi connectivity index (χ0) is 14.5. The fourth-order valence-corrected chi connectivity index (χ4v) is 1.66. The van der Waals surface area contributed by atoms with Gasteiger partial charge >= 0.3 is 6.18 Å². The molecule has 2 N–H and O–H groups in total. The van der Waals surface area contributed by atoms with E-state index < -0.39 is 24.5 Å². The van der Waals surface area contributed by atoms with Gasteiger partial charge in [-0.15, -0.1) is 0 Å². The third-order valence-corrected chi connectivity index (χ3v) is 2.65. The van der Waals surface area contributed by atoms with Crippen molar-refractivity contribution in [3.8, 4) is 5.75 Å². The largest absolute Gasteiger partial charge is 0.494 e. The minimum absolute atomic E-state index is 0.178. The molecule has 1 aromatic carbocycles. The topological polar surface area (TPSA) is 49.7 Å². The van der Waals surface area contributed by atoms with E-state index in [1.54, 1.807) is 6.92 Å². The number of aliphatic hydroxyl groups is 2. The molecular weight excluding hydrogens is 261 g/mol. The Balaban J connectivity index is 2.95. The maximum Gasteiger partial charge on any atom is 0.416 e. The van der Waals surface area contributed by atoms with Crippen molar-refractivity contribution in [2.75, 3.05) is 13.2 Å². The number of ether oxygens (including phenoxy) is 1. The molecule has 1 unspecified atom stereocenters. The molecule has 0 radical (unpaired) electrons. The summed E-state index contributed by atoms with van der Waals surface area (Å²) >= 11 is 0. The Labute approximate surface area is 109 Å². The summed E-state index contributed by atoms with van der Waals surface area (Å²) in [7, 11) is 0. The number of benzene rings is 1. The summed E-state index contributed by atoms with van der Waals surface area (Å²) in [6.07, 6.45) is -4.96. The maximum absolute atomic E-state index is 12.6. The molecule has 0 aliphatic carbocycles. The summed E-state index contributed by atoms with van der Waals surface area (Å²) in [5, 5.41) is 18.0. The van der Waals surface area contributed by atoms with Crippen molar-refractivity contribution in [1.29, 1.82) is 0 Å². The second kappa shape index (κ2) is 6.77. The normalized spacial score (nSPS) is 13.4. The van der Waals surface area contributed by atoms with Crippen molar-refractivity contribution in [3.05, 3.63) is 29.3 Å². The zero-order valence-electron chi connectivity index (χ0n) is 10.6. The van der Waals surface area contributed by atoms with Crippen molar-refractivity contribution in [3.63, 3.8) is 0 Å². The van der Waals surface area contributed by atoms with Gasteiger partial charge in [-0.1, -0.05) is 0 Å². The Kier molecular flexibility index (Phi) is 5.62. The molecule has 0 aromatic heterocycles. The van der Waals surface area contributed by atoms with Crippen LogP contribution in [0.5, 0.6) is 5.75 Å². The SMILES string of the molecule is CCOc1ccc(C(F)(F)F)cc1CCC(O)CO.